The van der Waals surface area contributed by atoms with Crippen molar-refractivity contribution >= 4 is 11.1 Å². The smallest absolute Gasteiger partial charge is 0.00211 e. The number of hydrogen-bond donors (Lipinski definition) is 0. The van der Waals surface area contributed by atoms with Crippen LogP contribution in [0.15, 0.2) is 60.7 Å². The predicted molar refractivity (Wildman–Crippen MR) is 158 cm³/mol. The van der Waals surface area contributed by atoms with Crippen molar-refractivity contribution in [2.45, 2.75) is 69.2 Å². The van der Waals surface area contributed by atoms with Crippen LogP contribution < -0.4 is 0 Å². The van der Waals surface area contributed by atoms with Gasteiger partial charge in [-0.05, 0) is 158 Å². The van der Waals surface area contributed by atoms with E-state index < -0.39 is 0 Å². The molecule has 0 heterocycles. The fourth-order valence-electron chi connectivity index (χ4n) is 5.79. The molecular weight excluding hydrogens is 432 g/mol. The predicted octanol–water partition coefficient (Wildman–Crippen LogP) is 9.78. The molecular formula is C36H40. The number of rotatable bonds is 4. The monoisotopic (exact) mass is 472 g/mol. The zero-order valence-corrected chi connectivity index (χ0v) is 23.8. The molecule has 0 saturated heterocycles. The van der Waals surface area contributed by atoms with E-state index in [2.05, 4.69) is 130 Å². The highest BCUT2D eigenvalue weighted by atomic mass is 14.3. The molecule has 0 aliphatic carbocycles. The summed E-state index contributed by atoms with van der Waals surface area (Å²) in [7, 11) is 0. The Hall–Kier alpha value is -3.38. The topological polar surface area (TPSA) is 0 Å². The second-order valence-electron chi connectivity index (χ2n) is 10.5. The molecule has 0 aliphatic heterocycles. The van der Waals surface area contributed by atoms with Crippen LogP contribution in [0.4, 0.5) is 0 Å². The fraction of sp³-hybridized carbons (Fsp3) is 0.278. The van der Waals surface area contributed by atoms with Crippen LogP contribution in [0.3, 0.4) is 0 Å². The Labute approximate surface area is 218 Å². The zero-order valence-electron chi connectivity index (χ0n) is 23.8. The minimum absolute atomic E-state index is 1.26. The summed E-state index contributed by atoms with van der Waals surface area (Å²) in [5.74, 6) is 0. The average molecular weight is 473 g/mol. The maximum atomic E-state index is 2.31. The quantitative estimate of drug-likeness (QED) is 0.259. The highest BCUT2D eigenvalue weighted by Gasteiger charge is 2.25. The molecule has 4 rings (SSSR count). The Balaban J connectivity index is 2.35. The molecule has 36 heavy (non-hydrogen) atoms. The molecule has 0 nitrogen and oxygen atoms in total. The normalized spacial score (nSPS) is 12.1. The molecule has 0 amide bonds. The molecule has 4 aromatic rings. The first-order chi connectivity index (χ1) is 17.1. The Morgan fingerprint density at radius 3 is 0.778 bits per heavy atom. The summed E-state index contributed by atoms with van der Waals surface area (Å²) >= 11 is 0. The van der Waals surface area contributed by atoms with Crippen molar-refractivity contribution in [1.82, 2.24) is 0 Å². The van der Waals surface area contributed by atoms with E-state index in [0.717, 1.165) is 0 Å². The van der Waals surface area contributed by atoms with Gasteiger partial charge in [0, 0.05) is 0 Å². The van der Waals surface area contributed by atoms with Gasteiger partial charge in [-0.1, -0.05) is 60.7 Å². The largest absolute Gasteiger partial charge is 0.0622 e. The van der Waals surface area contributed by atoms with Gasteiger partial charge in [0.25, 0.3) is 0 Å². The third kappa shape index (κ3) is 4.13. The van der Waals surface area contributed by atoms with Crippen LogP contribution in [0.1, 0.15) is 77.9 Å². The molecule has 0 fully saturated rings. The molecule has 0 N–H and O–H groups in total. The van der Waals surface area contributed by atoms with Crippen LogP contribution in [0.25, 0.3) is 11.1 Å². The van der Waals surface area contributed by atoms with Gasteiger partial charge in [0.1, 0.15) is 0 Å². The van der Waals surface area contributed by atoms with E-state index in [1.54, 1.807) is 0 Å². The van der Waals surface area contributed by atoms with Gasteiger partial charge in [-0.15, -0.1) is 0 Å². The van der Waals surface area contributed by atoms with E-state index in [4.69, 9.17) is 0 Å². The minimum Gasteiger partial charge on any atom is -0.0622 e. The number of hydrogen-bond acceptors (Lipinski definition) is 0. The van der Waals surface area contributed by atoms with Crippen LogP contribution in [0, 0.1) is 69.2 Å². The first-order valence-electron chi connectivity index (χ1n) is 13.1. The van der Waals surface area contributed by atoms with Crippen LogP contribution in [0.5, 0.6) is 0 Å². The zero-order chi connectivity index (χ0) is 26.3. The molecule has 0 spiro atoms. The lowest BCUT2D eigenvalue weighted by atomic mass is 9.76. The third-order valence-corrected chi connectivity index (χ3v) is 8.87. The van der Waals surface area contributed by atoms with Crippen molar-refractivity contribution in [1.29, 1.82) is 0 Å². The van der Waals surface area contributed by atoms with Crippen molar-refractivity contribution < 1.29 is 0 Å². The van der Waals surface area contributed by atoms with Crippen molar-refractivity contribution in [3.05, 3.63) is 139 Å². The average Bonchev–Trinajstić information content (AvgIpc) is 2.90. The maximum Gasteiger partial charge on any atom is -0.00211 e. The van der Waals surface area contributed by atoms with Gasteiger partial charge in [0.05, 0.1) is 0 Å². The standard InChI is InChI=1S/C36H40/c1-21-23(3)27(7)33(28(8)24(21)4)35(31-17-13-11-14-18-31)36(32-19-15-12-16-20-32)34-29(9)25(5)22(2)26(6)30(34)10/h11-20H,1-10H3/b36-35-. The van der Waals surface area contributed by atoms with E-state index in [1.807, 2.05) is 0 Å². The molecule has 0 saturated carbocycles. The highest BCUT2D eigenvalue weighted by Crippen LogP contribution is 2.44. The molecule has 0 aromatic heterocycles. The number of benzene rings is 4. The molecule has 0 heteroatoms. The van der Waals surface area contributed by atoms with E-state index in [0.29, 0.717) is 0 Å². The summed E-state index contributed by atoms with van der Waals surface area (Å²) < 4.78 is 0. The highest BCUT2D eigenvalue weighted by molar-refractivity contribution is 6.07. The molecule has 0 radical (unpaired) electrons. The Kier molecular flexibility index (Phi) is 7.10. The van der Waals surface area contributed by atoms with Gasteiger partial charge >= 0.3 is 0 Å². The summed E-state index contributed by atoms with van der Waals surface area (Å²) in [6.07, 6.45) is 0. The SMILES string of the molecule is Cc1c(C)c(C)c(/C(=C(/c2ccccc2)c2c(C)c(C)c(C)c(C)c2C)c2ccccc2)c(C)c1C. The second kappa shape index (κ2) is 9.94. The second-order valence-corrected chi connectivity index (χ2v) is 10.5. The van der Waals surface area contributed by atoms with Crippen molar-refractivity contribution in [2.75, 3.05) is 0 Å². The maximum absolute atomic E-state index is 2.31. The third-order valence-electron chi connectivity index (χ3n) is 8.87. The molecule has 0 bridgehead atoms. The van der Waals surface area contributed by atoms with Crippen LogP contribution in [0.2, 0.25) is 0 Å². The fourth-order valence-corrected chi connectivity index (χ4v) is 5.79. The van der Waals surface area contributed by atoms with Crippen LogP contribution in [-0.4, -0.2) is 0 Å². The molecule has 0 aliphatic rings. The lowest BCUT2D eigenvalue weighted by molar-refractivity contribution is 1.15. The van der Waals surface area contributed by atoms with Gasteiger partial charge in [-0.25, -0.2) is 0 Å². The van der Waals surface area contributed by atoms with Gasteiger partial charge in [-0.2, -0.15) is 0 Å². The summed E-state index contributed by atoms with van der Waals surface area (Å²) in [5.41, 5.74) is 21.8. The molecule has 0 atom stereocenters. The van der Waals surface area contributed by atoms with Gasteiger partial charge in [0.2, 0.25) is 0 Å². The van der Waals surface area contributed by atoms with Crippen molar-refractivity contribution in [3.63, 3.8) is 0 Å². The van der Waals surface area contributed by atoms with Gasteiger partial charge in [0.15, 0.2) is 0 Å². The Morgan fingerprint density at radius 1 is 0.306 bits per heavy atom. The first-order valence-corrected chi connectivity index (χ1v) is 13.1. The van der Waals surface area contributed by atoms with E-state index in [1.165, 1.54) is 89.0 Å². The van der Waals surface area contributed by atoms with Crippen LogP contribution >= 0.6 is 0 Å². The lowest BCUT2D eigenvalue weighted by Crippen LogP contribution is -2.09. The van der Waals surface area contributed by atoms with E-state index >= 15 is 0 Å². The lowest BCUT2D eigenvalue weighted by Gasteiger charge is -2.27. The molecule has 184 valence electrons. The first kappa shape index (κ1) is 25.7. The van der Waals surface area contributed by atoms with Gasteiger partial charge in [-0.3, -0.25) is 0 Å². The Bertz CT molecular complexity index is 1310. The Morgan fingerprint density at radius 2 is 0.528 bits per heavy atom. The van der Waals surface area contributed by atoms with E-state index in [9.17, 15) is 0 Å². The summed E-state index contributed by atoms with van der Waals surface area (Å²) in [4.78, 5) is 0. The van der Waals surface area contributed by atoms with Crippen molar-refractivity contribution in [2.24, 2.45) is 0 Å². The molecule has 4 aromatic carbocycles. The summed E-state index contributed by atoms with van der Waals surface area (Å²) in [6.45, 7) is 22.9. The van der Waals surface area contributed by atoms with Crippen molar-refractivity contribution in [3.8, 4) is 0 Å². The van der Waals surface area contributed by atoms with Crippen LogP contribution in [-0.2, 0) is 0 Å². The molecule has 0 unspecified atom stereocenters. The minimum atomic E-state index is 1.26. The summed E-state index contributed by atoms with van der Waals surface area (Å²) in [5, 5.41) is 0. The summed E-state index contributed by atoms with van der Waals surface area (Å²) in [6, 6.07) is 22.0. The van der Waals surface area contributed by atoms with Gasteiger partial charge < -0.3 is 0 Å². The van der Waals surface area contributed by atoms with E-state index in [-0.39, 0.29) is 0 Å².